The SMILES string of the molecule is Cc1ccc(C(=O)N2CCC(NCC3CC3)CC2)cc1Br. The minimum absolute atomic E-state index is 0.163. The molecule has 1 saturated carbocycles. The molecule has 3 rings (SSSR count). The largest absolute Gasteiger partial charge is 0.339 e. The highest BCUT2D eigenvalue weighted by molar-refractivity contribution is 9.10. The number of hydrogen-bond acceptors (Lipinski definition) is 2. The molecular weight excluding hydrogens is 328 g/mol. The van der Waals surface area contributed by atoms with Crippen molar-refractivity contribution < 1.29 is 4.79 Å². The van der Waals surface area contributed by atoms with E-state index < -0.39 is 0 Å². The number of aryl methyl sites for hydroxylation is 1. The van der Waals surface area contributed by atoms with E-state index in [4.69, 9.17) is 0 Å². The zero-order valence-electron chi connectivity index (χ0n) is 12.6. The zero-order chi connectivity index (χ0) is 14.8. The molecule has 0 aromatic heterocycles. The average Bonchev–Trinajstić information content (AvgIpc) is 3.32. The molecule has 0 radical (unpaired) electrons. The third-order valence-corrected chi connectivity index (χ3v) is 5.45. The third kappa shape index (κ3) is 3.86. The second-order valence-corrected chi connectivity index (χ2v) is 7.24. The number of carbonyl (C=O) groups is 1. The number of halogens is 1. The standard InChI is InChI=1S/C17H23BrN2O/c1-12-2-5-14(10-16(12)18)17(21)20-8-6-15(7-9-20)19-11-13-3-4-13/h2,5,10,13,15,19H,3-4,6-9,11H2,1H3. The number of nitrogens with zero attached hydrogens (tertiary/aromatic N) is 1. The molecule has 2 fully saturated rings. The second-order valence-electron chi connectivity index (χ2n) is 6.38. The number of amides is 1. The van der Waals surface area contributed by atoms with E-state index in [0.29, 0.717) is 6.04 Å². The Morgan fingerprint density at radius 2 is 2.00 bits per heavy atom. The molecule has 4 heteroatoms. The van der Waals surface area contributed by atoms with Crippen LogP contribution in [0.3, 0.4) is 0 Å². The summed E-state index contributed by atoms with van der Waals surface area (Å²) in [5.41, 5.74) is 1.95. The van der Waals surface area contributed by atoms with Gasteiger partial charge in [-0.25, -0.2) is 0 Å². The lowest BCUT2D eigenvalue weighted by atomic mass is 10.0. The summed E-state index contributed by atoms with van der Waals surface area (Å²) in [5.74, 6) is 1.09. The number of nitrogens with one attached hydrogen (secondary N) is 1. The Kier molecular flexibility index (Phi) is 4.65. The molecule has 0 atom stereocenters. The summed E-state index contributed by atoms with van der Waals surface area (Å²) in [6, 6.07) is 6.47. The van der Waals surface area contributed by atoms with Gasteiger partial charge in [-0.05, 0) is 62.8 Å². The zero-order valence-corrected chi connectivity index (χ0v) is 14.2. The Bertz CT molecular complexity index is 520. The summed E-state index contributed by atoms with van der Waals surface area (Å²) in [7, 11) is 0. The van der Waals surface area contributed by atoms with Gasteiger partial charge < -0.3 is 10.2 Å². The van der Waals surface area contributed by atoms with Crippen molar-refractivity contribution in [1.82, 2.24) is 10.2 Å². The molecule has 1 saturated heterocycles. The van der Waals surface area contributed by atoms with Gasteiger partial charge in [-0.15, -0.1) is 0 Å². The van der Waals surface area contributed by atoms with Crippen molar-refractivity contribution in [3.05, 3.63) is 33.8 Å². The van der Waals surface area contributed by atoms with Crippen molar-refractivity contribution in [3.63, 3.8) is 0 Å². The van der Waals surface area contributed by atoms with Crippen LogP contribution in [0.4, 0.5) is 0 Å². The van der Waals surface area contributed by atoms with E-state index >= 15 is 0 Å². The summed E-state index contributed by atoms with van der Waals surface area (Å²) < 4.78 is 1.01. The van der Waals surface area contributed by atoms with Crippen LogP contribution in [-0.2, 0) is 0 Å². The number of hydrogen-bond donors (Lipinski definition) is 1. The van der Waals surface area contributed by atoms with Crippen molar-refractivity contribution >= 4 is 21.8 Å². The monoisotopic (exact) mass is 350 g/mol. The van der Waals surface area contributed by atoms with Gasteiger partial charge in [0.2, 0.25) is 0 Å². The molecule has 1 N–H and O–H groups in total. The summed E-state index contributed by atoms with van der Waals surface area (Å²) in [5, 5.41) is 3.65. The van der Waals surface area contributed by atoms with Crippen LogP contribution in [-0.4, -0.2) is 36.5 Å². The van der Waals surface area contributed by atoms with Crippen LogP contribution < -0.4 is 5.32 Å². The molecule has 2 aliphatic rings. The Balaban J connectivity index is 1.52. The van der Waals surface area contributed by atoms with Gasteiger partial charge in [0.1, 0.15) is 0 Å². The highest BCUT2D eigenvalue weighted by Gasteiger charge is 2.26. The van der Waals surface area contributed by atoms with Crippen LogP contribution >= 0.6 is 15.9 Å². The first-order valence-electron chi connectivity index (χ1n) is 7.92. The van der Waals surface area contributed by atoms with Gasteiger partial charge in [-0.2, -0.15) is 0 Å². The van der Waals surface area contributed by atoms with Crippen LogP contribution in [0, 0.1) is 12.8 Å². The van der Waals surface area contributed by atoms with Crippen LogP contribution in [0.1, 0.15) is 41.6 Å². The molecule has 0 unspecified atom stereocenters. The fourth-order valence-electron chi connectivity index (χ4n) is 2.85. The topological polar surface area (TPSA) is 32.3 Å². The van der Waals surface area contributed by atoms with Gasteiger partial charge in [0.05, 0.1) is 0 Å². The minimum atomic E-state index is 0.163. The lowest BCUT2D eigenvalue weighted by Gasteiger charge is -2.32. The van der Waals surface area contributed by atoms with Gasteiger partial charge in [-0.1, -0.05) is 22.0 Å². The number of carbonyl (C=O) groups excluding carboxylic acids is 1. The molecule has 1 aliphatic heterocycles. The fourth-order valence-corrected chi connectivity index (χ4v) is 3.23. The normalized spacial score (nSPS) is 19.8. The van der Waals surface area contributed by atoms with Crippen LogP contribution in [0.5, 0.6) is 0 Å². The summed E-state index contributed by atoms with van der Waals surface area (Å²) >= 11 is 3.51. The summed E-state index contributed by atoms with van der Waals surface area (Å²) in [4.78, 5) is 14.5. The third-order valence-electron chi connectivity index (χ3n) is 4.59. The van der Waals surface area contributed by atoms with Gasteiger partial charge in [-0.3, -0.25) is 4.79 Å². The van der Waals surface area contributed by atoms with Crippen LogP contribution in [0.2, 0.25) is 0 Å². The highest BCUT2D eigenvalue weighted by Crippen LogP contribution is 2.28. The van der Waals surface area contributed by atoms with Gasteiger partial charge >= 0.3 is 0 Å². The summed E-state index contributed by atoms with van der Waals surface area (Å²) in [6.07, 6.45) is 4.94. The quantitative estimate of drug-likeness (QED) is 0.902. The molecule has 0 bridgehead atoms. The molecule has 0 spiro atoms. The predicted molar refractivity (Wildman–Crippen MR) is 88.5 cm³/mol. The Morgan fingerprint density at radius 3 is 2.62 bits per heavy atom. The average molecular weight is 351 g/mol. The lowest BCUT2D eigenvalue weighted by molar-refractivity contribution is 0.0705. The first-order chi connectivity index (χ1) is 10.1. The molecule has 1 aromatic carbocycles. The van der Waals surface area contributed by atoms with E-state index in [0.717, 1.165) is 47.4 Å². The van der Waals surface area contributed by atoms with Crippen LogP contribution in [0.15, 0.2) is 22.7 Å². The highest BCUT2D eigenvalue weighted by atomic mass is 79.9. The van der Waals surface area contributed by atoms with Crippen molar-refractivity contribution in [1.29, 1.82) is 0 Å². The van der Waals surface area contributed by atoms with E-state index in [9.17, 15) is 4.79 Å². The van der Waals surface area contributed by atoms with E-state index in [1.807, 2.05) is 30.0 Å². The number of piperidine rings is 1. The van der Waals surface area contributed by atoms with E-state index in [1.165, 1.54) is 19.4 Å². The molecule has 1 aliphatic carbocycles. The lowest BCUT2D eigenvalue weighted by Crippen LogP contribution is -2.45. The molecule has 1 heterocycles. The van der Waals surface area contributed by atoms with Crippen molar-refractivity contribution in [2.24, 2.45) is 5.92 Å². The second kappa shape index (κ2) is 6.49. The first-order valence-corrected chi connectivity index (χ1v) is 8.71. The maximum atomic E-state index is 12.5. The number of likely N-dealkylation sites (tertiary alicyclic amines) is 1. The summed E-state index contributed by atoms with van der Waals surface area (Å²) in [6.45, 7) is 4.94. The molecule has 1 amide bonds. The van der Waals surface area contributed by atoms with Gasteiger partial charge in [0, 0.05) is 29.2 Å². The molecular formula is C17H23BrN2O. The Morgan fingerprint density at radius 1 is 1.29 bits per heavy atom. The maximum absolute atomic E-state index is 12.5. The van der Waals surface area contributed by atoms with E-state index in [2.05, 4.69) is 21.2 Å². The van der Waals surface area contributed by atoms with Crippen LogP contribution in [0.25, 0.3) is 0 Å². The molecule has 3 nitrogen and oxygen atoms in total. The Labute approximate surface area is 135 Å². The fraction of sp³-hybridized carbons (Fsp3) is 0.588. The number of benzene rings is 1. The van der Waals surface area contributed by atoms with Crippen molar-refractivity contribution in [2.75, 3.05) is 19.6 Å². The van der Waals surface area contributed by atoms with E-state index in [1.54, 1.807) is 0 Å². The van der Waals surface area contributed by atoms with E-state index in [-0.39, 0.29) is 5.91 Å². The molecule has 114 valence electrons. The van der Waals surface area contributed by atoms with Gasteiger partial charge in [0.15, 0.2) is 0 Å². The Hall–Kier alpha value is -0.870. The first kappa shape index (κ1) is 15.0. The molecule has 21 heavy (non-hydrogen) atoms. The predicted octanol–water partition coefficient (Wildman–Crippen LogP) is 3.36. The molecule has 1 aromatic rings. The van der Waals surface area contributed by atoms with Crippen molar-refractivity contribution in [3.8, 4) is 0 Å². The smallest absolute Gasteiger partial charge is 0.253 e. The maximum Gasteiger partial charge on any atom is 0.253 e. The minimum Gasteiger partial charge on any atom is -0.339 e. The van der Waals surface area contributed by atoms with Crippen molar-refractivity contribution in [2.45, 2.75) is 38.6 Å². The number of rotatable bonds is 4. The van der Waals surface area contributed by atoms with Gasteiger partial charge in [0.25, 0.3) is 5.91 Å².